The first-order valence-corrected chi connectivity index (χ1v) is 5.87. The minimum atomic E-state index is 0.502. The molecule has 2 rings (SSSR count). The zero-order chi connectivity index (χ0) is 13.1. The van der Waals surface area contributed by atoms with Gasteiger partial charge in [0.2, 0.25) is 0 Å². The monoisotopic (exact) mass is 283 g/mol. The maximum atomic E-state index is 6.12. The number of rotatable bonds is 3. The fraction of sp³-hybridized carbons (Fsp3) is 0.0909. The lowest BCUT2D eigenvalue weighted by molar-refractivity contribution is 1.14. The van der Waals surface area contributed by atoms with Gasteiger partial charge in [-0.3, -0.25) is 0 Å². The van der Waals surface area contributed by atoms with E-state index in [2.05, 4.69) is 20.7 Å². The highest BCUT2D eigenvalue weighted by molar-refractivity contribution is 6.35. The summed E-state index contributed by atoms with van der Waals surface area (Å²) in [6.07, 6.45) is 1.39. The van der Waals surface area contributed by atoms with Gasteiger partial charge < -0.3 is 10.7 Å². The summed E-state index contributed by atoms with van der Waals surface area (Å²) < 4.78 is 0. The summed E-state index contributed by atoms with van der Waals surface area (Å²) in [7, 11) is 0. The molecule has 0 aliphatic carbocycles. The van der Waals surface area contributed by atoms with E-state index in [1.165, 1.54) is 6.33 Å². The number of nitrogens with two attached hydrogens (primary N) is 1. The molecule has 2 aromatic rings. The third kappa shape index (κ3) is 2.81. The number of hydrogen-bond donors (Lipinski definition) is 3. The van der Waals surface area contributed by atoms with Gasteiger partial charge >= 0.3 is 0 Å². The molecule has 0 bridgehead atoms. The molecule has 0 aliphatic rings. The molecule has 1 aromatic carbocycles. The van der Waals surface area contributed by atoms with Gasteiger partial charge in [-0.25, -0.2) is 15.8 Å². The second-order valence-electron chi connectivity index (χ2n) is 3.64. The summed E-state index contributed by atoms with van der Waals surface area (Å²) in [5.41, 5.74) is 4.03. The van der Waals surface area contributed by atoms with E-state index in [-0.39, 0.29) is 0 Å². The summed E-state index contributed by atoms with van der Waals surface area (Å²) in [5, 5.41) is 4.25. The van der Waals surface area contributed by atoms with Gasteiger partial charge in [0.1, 0.15) is 18.0 Å². The van der Waals surface area contributed by atoms with E-state index in [4.69, 9.17) is 29.0 Å². The van der Waals surface area contributed by atoms with Crippen LogP contribution in [0.2, 0.25) is 10.0 Å². The molecule has 0 atom stereocenters. The molecular formula is C11H11Cl2N5. The molecule has 0 aliphatic heterocycles. The molecular weight excluding hydrogens is 273 g/mol. The highest BCUT2D eigenvalue weighted by Gasteiger charge is 2.06. The summed E-state index contributed by atoms with van der Waals surface area (Å²) in [6.45, 7) is 1.89. The first-order valence-electron chi connectivity index (χ1n) is 5.11. The number of benzene rings is 1. The van der Waals surface area contributed by atoms with Crippen LogP contribution in [0.3, 0.4) is 0 Å². The van der Waals surface area contributed by atoms with Crippen molar-refractivity contribution >= 4 is 40.5 Å². The maximum Gasteiger partial charge on any atom is 0.145 e. The number of hydrazine groups is 1. The van der Waals surface area contributed by atoms with Crippen LogP contribution in [-0.4, -0.2) is 9.97 Å². The van der Waals surface area contributed by atoms with Crippen molar-refractivity contribution in [3.05, 3.63) is 40.1 Å². The minimum Gasteiger partial charge on any atom is -0.339 e. The van der Waals surface area contributed by atoms with Crippen molar-refractivity contribution in [2.45, 2.75) is 6.92 Å². The third-order valence-corrected chi connectivity index (χ3v) is 3.05. The molecule has 94 valence electrons. The predicted octanol–water partition coefficient (Wildman–Crippen LogP) is 3.12. The normalized spacial score (nSPS) is 10.2. The average Bonchev–Trinajstić information content (AvgIpc) is 2.36. The fourth-order valence-corrected chi connectivity index (χ4v) is 1.81. The smallest absolute Gasteiger partial charge is 0.145 e. The van der Waals surface area contributed by atoms with E-state index < -0.39 is 0 Å². The quantitative estimate of drug-likeness (QED) is 0.596. The van der Waals surface area contributed by atoms with Crippen LogP contribution < -0.4 is 16.6 Å². The Labute approximate surface area is 114 Å². The van der Waals surface area contributed by atoms with Crippen molar-refractivity contribution in [2.24, 2.45) is 5.84 Å². The predicted molar refractivity (Wildman–Crippen MR) is 74.3 cm³/mol. The van der Waals surface area contributed by atoms with Gasteiger partial charge in [0.05, 0.1) is 10.7 Å². The molecule has 0 saturated heterocycles. The van der Waals surface area contributed by atoms with Crippen molar-refractivity contribution in [1.82, 2.24) is 9.97 Å². The van der Waals surface area contributed by atoms with Crippen LogP contribution in [0, 0.1) is 6.92 Å². The zero-order valence-corrected chi connectivity index (χ0v) is 11.0. The number of aromatic nitrogens is 2. The van der Waals surface area contributed by atoms with Crippen molar-refractivity contribution in [3.8, 4) is 0 Å². The van der Waals surface area contributed by atoms with E-state index in [1.54, 1.807) is 18.2 Å². The Morgan fingerprint density at radius 2 is 1.78 bits per heavy atom. The molecule has 0 fully saturated rings. The third-order valence-electron chi connectivity index (χ3n) is 2.33. The summed E-state index contributed by atoms with van der Waals surface area (Å²) in [6, 6.07) is 5.19. The van der Waals surface area contributed by atoms with E-state index in [0.717, 1.165) is 5.56 Å². The van der Waals surface area contributed by atoms with Crippen LogP contribution in [-0.2, 0) is 0 Å². The lowest BCUT2D eigenvalue weighted by atomic mass is 10.2. The molecule has 1 aromatic heterocycles. The maximum absolute atomic E-state index is 6.12. The summed E-state index contributed by atoms with van der Waals surface area (Å²) >= 11 is 12.2. The Morgan fingerprint density at radius 3 is 2.50 bits per heavy atom. The van der Waals surface area contributed by atoms with Crippen LogP contribution in [0.1, 0.15) is 5.56 Å². The molecule has 0 unspecified atom stereocenters. The second-order valence-corrected chi connectivity index (χ2v) is 4.45. The van der Waals surface area contributed by atoms with Gasteiger partial charge in [-0.05, 0) is 24.6 Å². The molecule has 7 heteroatoms. The molecule has 0 radical (unpaired) electrons. The van der Waals surface area contributed by atoms with Gasteiger partial charge in [-0.2, -0.15) is 0 Å². The number of nitrogen functional groups attached to an aromatic ring is 1. The summed E-state index contributed by atoms with van der Waals surface area (Å²) in [4.78, 5) is 7.96. The van der Waals surface area contributed by atoms with Gasteiger partial charge in [0.15, 0.2) is 0 Å². The van der Waals surface area contributed by atoms with Gasteiger partial charge in [-0.15, -0.1) is 0 Å². The highest BCUT2D eigenvalue weighted by Crippen LogP contribution is 2.30. The fourth-order valence-electron chi connectivity index (χ4n) is 1.38. The number of aryl methyl sites for hydroxylation is 1. The first kappa shape index (κ1) is 12.9. The lowest BCUT2D eigenvalue weighted by Crippen LogP contribution is -2.09. The Balaban J connectivity index is 2.30. The number of hydrogen-bond acceptors (Lipinski definition) is 5. The Kier molecular flexibility index (Phi) is 3.86. The van der Waals surface area contributed by atoms with Crippen molar-refractivity contribution in [2.75, 3.05) is 10.7 Å². The van der Waals surface area contributed by atoms with E-state index in [1.807, 2.05) is 6.92 Å². The van der Waals surface area contributed by atoms with E-state index in [0.29, 0.717) is 27.4 Å². The Hall–Kier alpha value is -1.56. The lowest BCUT2D eigenvalue weighted by Gasteiger charge is -2.10. The molecule has 5 nitrogen and oxygen atoms in total. The number of nitrogens with one attached hydrogen (secondary N) is 2. The van der Waals surface area contributed by atoms with E-state index >= 15 is 0 Å². The SMILES string of the molecule is Cc1cc(Cl)c(Nc2cc(NN)ncn2)cc1Cl. The molecule has 0 saturated carbocycles. The van der Waals surface area contributed by atoms with Gasteiger partial charge in [0, 0.05) is 11.1 Å². The molecule has 4 N–H and O–H groups in total. The van der Waals surface area contributed by atoms with Crippen LogP contribution >= 0.6 is 23.2 Å². The van der Waals surface area contributed by atoms with Crippen molar-refractivity contribution in [1.29, 1.82) is 0 Å². The minimum absolute atomic E-state index is 0.502. The van der Waals surface area contributed by atoms with Crippen LogP contribution in [0.4, 0.5) is 17.3 Å². The van der Waals surface area contributed by atoms with Crippen LogP contribution in [0.15, 0.2) is 24.5 Å². The molecule has 1 heterocycles. The average molecular weight is 284 g/mol. The largest absolute Gasteiger partial charge is 0.339 e. The summed E-state index contributed by atoms with van der Waals surface area (Å²) in [5.74, 6) is 6.34. The van der Waals surface area contributed by atoms with Crippen LogP contribution in [0.5, 0.6) is 0 Å². The van der Waals surface area contributed by atoms with Gasteiger partial charge in [-0.1, -0.05) is 23.2 Å². The zero-order valence-electron chi connectivity index (χ0n) is 9.54. The Bertz CT molecular complexity index is 573. The highest BCUT2D eigenvalue weighted by atomic mass is 35.5. The molecule has 0 amide bonds. The number of halogens is 2. The van der Waals surface area contributed by atoms with Crippen molar-refractivity contribution < 1.29 is 0 Å². The van der Waals surface area contributed by atoms with E-state index in [9.17, 15) is 0 Å². The van der Waals surface area contributed by atoms with Crippen molar-refractivity contribution in [3.63, 3.8) is 0 Å². The standard InChI is InChI=1S/C11H11Cl2N5/c1-6-2-8(13)9(3-7(6)12)17-10-4-11(18-14)16-5-15-10/h2-5H,14H2,1H3,(H2,15,16,17,18). The molecule has 18 heavy (non-hydrogen) atoms. The second kappa shape index (κ2) is 5.39. The Morgan fingerprint density at radius 1 is 1.06 bits per heavy atom. The first-order chi connectivity index (χ1) is 8.60. The topological polar surface area (TPSA) is 75.9 Å². The number of anilines is 3. The number of nitrogens with zero attached hydrogens (tertiary/aromatic N) is 2. The molecule has 0 spiro atoms. The van der Waals surface area contributed by atoms with Gasteiger partial charge in [0.25, 0.3) is 0 Å². The van der Waals surface area contributed by atoms with Crippen LogP contribution in [0.25, 0.3) is 0 Å².